The molecule has 9 heteroatoms. The molecule has 0 radical (unpaired) electrons. The molecule has 0 aromatic carbocycles. The zero-order valence-electron chi connectivity index (χ0n) is 7.65. The molecule has 0 aliphatic heterocycles. The van der Waals surface area contributed by atoms with Crippen molar-refractivity contribution < 1.29 is 32.6 Å². The van der Waals surface area contributed by atoms with E-state index in [4.69, 9.17) is 14.7 Å². The summed E-state index contributed by atoms with van der Waals surface area (Å²) in [4.78, 5) is 25.4. The maximum absolute atomic E-state index is 11.0. The summed E-state index contributed by atoms with van der Waals surface area (Å²) in [5.41, 5.74) is -1.22. The van der Waals surface area contributed by atoms with Gasteiger partial charge in [0.2, 0.25) is 0 Å². The van der Waals surface area contributed by atoms with Gasteiger partial charge in [-0.3, -0.25) is 4.52 Å². The average Bonchev–Trinajstić information content (AvgIpc) is 1.78. The Hall–Kier alpha value is -0.0000000000000000416. The van der Waals surface area contributed by atoms with Crippen LogP contribution < -0.4 is 0 Å². The molecule has 1 unspecified atom stereocenters. The summed E-state index contributed by atoms with van der Waals surface area (Å²) in [6.45, 7) is 6.07. The molecule has 0 aliphatic rings. The molecule has 84 valence electrons. The van der Waals surface area contributed by atoms with E-state index in [1.807, 2.05) is 0 Å². The quantitative estimate of drug-likeness (QED) is 0.492. The normalized spacial score (nSPS) is 17.5. The minimum atomic E-state index is -5.06. The molecule has 0 aromatic rings. The van der Waals surface area contributed by atoms with Crippen LogP contribution in [0, 0.1) is 0 Å². The van der Waals surface area contributed by atoms with Gasteiger partial charge in [-0.1, -0.05) is 6.08 Å². The summed E-state index contributed by atoms with van der Waals surface area (Å²) in [6.07, 6.45) is 1.19. The van der Waals surface area contributed by atoms with Gasteiger partial charge in [-0.05, 0) is 13.8 Å². The Morgan fingerprint density at radius 2 is 1.71 bits per heavy atom. The Balaban J connectivity index is 4.59. The standard InChI is InChI=1S/C5H12O7P2/c1-4-5(2,3)11-14(9,10)12-13(6,7)8/h4H,1H2,2-3H3,(H,9,10)(H2,6,7,8). The van der Waals surface area contributed by atoms with E-state index in [-0.39, 0.29) is 0 Å². The van der Waals surface area contributed by atoms with Gasteiger partial charge in [0.25, 0.3) is 0 Å². The van der Waals surface area contributed by atoms with E-state index in [0.717, 1.165) is 0 Å². The molecule has 7 nitrogen and oxygen atoms in total. The van der Waals surface area contributed by atoms with Crippen molar-refractivity contribution in [3.8, 4) is 0 Å². The maximum atomic E-state index is 11.0. The Morgan fingerprint density at radius 1 is 1.29 bits per heavy atom. The van der Waals surface area contributed by atoms with Crippen molar-refractivity contribution in [2.24, 2.45) is 0 Å². The lowest BCUT2D eigenvalue weighted by Crippen LogP contribution is -2.19. The lowest BCUT2D eigenvalue weighted by molar-refractivity contribution is 0.100. The second-order valence-corrected chi connectivity index (χ2v) is 5.69. The van der Waals surface area contributed by atoms with Crippen LogP contribution in [0.15, 0.2) is 12.7 Å². The number of hydrogen-bond acceptors (Lipinski definition) is 4. The summed E-state index contributed by atoms with van der Waals surface area (Å²) in [7, 11) is -9.84. The Labute approximate surface area is 81.2 Å². The molecule has 0 amide bonds. The number of rotatable bonds is 5. The maximum Gasteiger partial charge on any atom is 0.481 e. The van der Waals surface area contributed by atoms with Crippen molar-refractivity contribution in [2.45, 2.75) is 19.4 Å². The van der Waals surface area contributed by atoms with Crippen LogP contribution in [-0.2, 0) is 18.0 Å². The van der Waals surface area contributed by atoms with Crippen LogP contribution in [0.1, 0.15) is 13.8 Å². The van der Waals surface area contributed by atoms with Crippen LogP contribution in [0.4, 0.5) is 0 Å². The van der Waals surface area contributed by atoms with Crippen LogP contribution in [0.3, 0.4) is 0 Å². The van der Waals surface area contributed by atoms with E-state index >= 15 is 0 Å². The molecule has 0 aromatic heterocycles. The predicted molar refractivity (Wildman–Crippen MR) is 48.3 cm³/mol. The van der Waals surface area contributed by atoms with Crippen molar-refractivity contribution in [1.29, 1.82) is 0 Å². The summed E-state index contributed by atoms with van der Waals surface area (Å²) >= 11 is 0. The molecular formula is C5H12O7P2. The second-order valence-electron chi connectivity index (χ2n) is 2.94. The van der Waals surface area contributed by atoms with E-state index in [0.29, 0.717) is 0 Å². The summed E-state index contributed by atoms with van der Waals surface area (Å²) < 4.78 is 29.2. The lowest BCUT2D eigenvalue weighted by atomic mass is 10.1. The van der Waals surface area contributed by atoms with Crippen molar-refractivity contribution in [3.63, 3.8) is 0 Å². The first kappa shape index (κ1) is 14.0. The van der Waals surface area contributed by atoms with Gasteiger partial charge in [-0.2, -0.15) is 4.31 Å². The van der Waals surface area contributed by atoms with Crippen LogP contribution in [0.5, 0.6) is 0 Å². The molecule has 0 rings (SSSR count). The van der Waals surface area contributed by atoms with E-state index in [9.17, 15) is 9.13 Å². The van der Waals surface area contributed by atoms with E-state index in [1.165, 1.54) is 19.9 Å². The molecule has 0 saturated carbocycles. The van der Waals surface area contributed by atoms with Crippen LogP contribution >= 0.6 is 15.6 Å². The first-order valence-electron chi connectivity index (χ1n) is 3.41. The average molecular weight is 246 g/mol. The predicted octanol–water partition coefficient (Wildman–Crippen LogP) is 1.18. The smallest absolute Gasteiger partial charge is 0.302 e. The molecule has 14 heavy (non-hydrogen) atoms. The minimum Gasteiger partial charge on any atom is -0.302 e. The topological polar surface area (TPSA) is 113 Å². The summed E-state index contributed by atoms with van der Waals surface area (Å²) in [5, 5.41) is 0. The number of phosphoric ester groups is 1. The van der Waals surface area contributed by atoms with E-state index < -0.39 is 21.2 Å². The fourth-order valence-corrected chi connectivity index (χ4v) is 2.36. The Kier molecular flexibility index (Phi) is 4.24. The third-order valence-corrected chi connectivity index (χ3v) is 3.43. The largest absolute Gasteiger partial charge is 0.481 e. The monoisotopic (exact) mass is 246 g/mol. The van der Waals surface area contributed by atoms with Crippen molar-refractivity contribution in [2.75, 3.05) is 0 Å². The third-order valence-electron chi connectivity index (χ3n) is 1.05. The zero-order chi connectivity index (χ0) is 11.6. The van der Waals surface area contributed by atoms with Gasteiger partial charge >= 0.3 is 15.6 Å². The molecule has 0 saturated heterocycles. The van der Waals surface area contributed by atoms with Crippen molar-refractivity contribution in [3.05, 3.63) is 12.7 Å². The fourth-order valence-electron chi connectivity index (χ4n) is 0.486. The van der Waals surface area contributed by atoms with Gasteiger partial charge in [0.15, 0.2) is 0 Å². The highest BCUT2D eigenvalue weighted by atomic mass is 31.3. The number of hydrogen-bond donors (Lipinski definition) is 3. The van der Waals surface area contributed by atoms with Gasteiger partial charge in [-0.25, -0.2) is 9.13 Å². The third kappa shape index (κ3) is 6.45. The molecule has 3 N–H and O–H groups in total. The van der Waals surface area contributed by atoms with Gasteiger partial charge in [-0.15, -0.1) is 6.58 Å². The van der Waals surface area contributed by atoms with Gasteiger partial charge < -0.3 is 14.7 Å². The van der Waals surface area contributed by atoms with Gasteiger partial charge in [0.1, 0.15) is 0 Å². The highest BCUT2D eigenvalue weighted by Gasteiger charge is 2.36. The van der Waals surface area contributed by atoms with Crippen LogP contribution in [-0.4, -0.2) is 20.3 Å². The minimum absolute atomic E-state index is 1.19. The highest BCUT2D eigenvalue weighted by molar-refractivity contribution is 7.60. The first-order valence-corrected chi connectivity index (χ1v) is 6.44. The molecule has 0 spiro atoms. The Bertz CT molecular complexity index is 303. The van der Waals surface area contributed by atoms with Gasteiger partial charge in [0.05, 0.1) is 5.60 Å². The van der Waals surface area contributed by atoms with Crippen LogP contribution in [0.2, 0.25) is 0 Å². The van der Waals surface area contributed by atoms with Crippen molar-refractivity contribution in [1.82, 2.24) is 0 Å². The number of phosphoric acid groups is 2. The second kappa shape index (κ2) is 4.24. The lowest BCUT2D eigenvalue weighted by Gasteiger charge is -2.23. The summed E-state index contributed by atoms with van der Waals surface area (Å²) in [6, 6.07) is 0. The first-order chi connectivity index (χ1) is 5.97. The molecule has 1 atom stereocenters. The molecule has 0 bridgehead atoms. The zero-order valence-corrected chi connectivity index (χ0v) is 9.44. The summed E-state index contributed by atoms with van der Waals surface area (Å²) in [5.74, 6) is 0. The molecule has 0 heterocycles. The van der Waals surface area contributed by atoms with Gasteiger partial charge in [0, 0.05) is 0 Å². The SMILES string of the molecule is C=CC(C)(C)OP(=O)(O)OP(=O)(O)O. The highest BCUT2D eigenvalue weighted by Crippen LogP contribution is 2.59. The van der Waals surface area contributed by atoms with Crippen molar-refractivity contribution >= 4 is 15.6 Å². The molecule has 0 fully saturated rings. The van der Waals surface area contributed by atoms with E-state index in [2.05, 4.69) is 15.4 Å². The van der Waals surface area contributed by atoms with Crippen LogP contribution in [0.25, 0.3) is 0 Å². The van der Waals surface area contributed by atoms with E-state index in [1.54, 1.807) is 0 Å². The fraction of sp³-hybridized carbons (Fsp3) is 0.600. The molecule has 0 aliphatic carbocycles. The Morgan fingerprint density at radius 3 is 2.00 bits per heavy atom. The molecular weight excluding hydrogens is 234 g/mol.